The fourth-order valence-corrected chi connectivity index (χ4v) is 6.85. The van der Waals surface area contributed by atoms with Gasteiger partial charge in [-0.3, -0.25) is 4.79 Å². The first-order chi connectivity index (χ1) is 22.4. The quantitative estimate of drug-likeness (QED) is 0.107. The first-order valence-corrected chi connectivity index (χ1v) is 17.0. The van der Waals surface area contributed by atoms with Gasteiger partial charge in [-0.25, -0.2) is 4.79 Å². The number of carbonyl (C=O) groups excluding carboxylic acids is 2. The molecule has 0 aromatic rings. The van der Waals surface area contributed by atoms with Crippen LogP contribution in [0.5, 0.6) is 0 Å². The predicted molar refractivity (Wildman–Crippen MR) is 174 cm³/mol. The largest absolute Gasteiger partial charge is 0.492 e. The third kappa shape index (κ3) is 9.56. The van der Waals surface area contributed by atoms with Gasteiger partial charge in [-0.1, -0.05) is 0 Å². The highest BCUT2D eigenvalue weighted by Crippen LogP contribution is 2.37. The van der Waals surface area contributed by atoms with Gasteiger partial charge in [0.05, 0.1) is 31.3 Å². The van der Waals surface area contributed by atoms with E-state index in [-0.39, 0.29) is 26.0 Å². The zero-order valence-electron chi connectivity index (χ0n) is 28.8. The van der Waals surface area contributed by atoms with E-state index in [9.17, 15) is 30.0 Å². The number of rotatable bonds is 12. The van der Waals surface area contributed by atoms with E-state index in [0.717, 1.165) is 11.4 Å². The van der Waals surface area contributed by atoms with Crippen LogP contribution >= 0.6 is 0 Å². The van der Waals surface area contributed by atoms with Crippen LogP contribution in [0.15, 0.2) is 11.8 Å². The van der Waals surface area contributed by atoms with Crippen molar-refractivity contribution < 1.29 is 49.0 Å². The molecule has 1 unspecified atom stereocenters. The zero-order chi connectivity index (χ0) is 35.6. The number of amides is 2. The summed E-state index contributed by atoms with van der Waals surface area (Å²) in [6, 6.07) is -3.40. The molecule has 16 heteroatoms. The molecular weight excluding hydrogens is 628 g/mol. The Balaban J connectivity index is 1.57. The maximum Gasteiger partial charge on any atom is 0.410 e. The minimum atomic E-state index is -1.71. The fourth-order valence-electron chi connectivity index (χ4n) is 6.85. The van der Waals surface area contributed by atoms with Gasteiger partial charge in [0, 0.05) is 25.0 Å². The number of nitrogens with zero attached hydrogens (tertiary/aromatic N) is 1. The van der Waals surface area contributed by atoms with Gasteiger partial charge in [0.2, 0.25) is 5.91 Å². The van der Waals surface area contributed by atoms with Gasteiger partial charge in [0.1, 0.15) is 41.4 Å². The summed E-state index contributed by atoms with van der Waals surface area (Å²) in [4.78, 5) is 27.0. The van der Waals surface area contributed by atoms with Crippen LogP contribution in [-0.4, -0.2) is 143 Å². The van der Waals surface area contributed by atoms with E-state index in [1.165, 1.54) is 26.8 Å². The van der Waals surface area contributed by atoms with Gasteiger partial charge < -0.3 is 72.1 Å². The van der Waals surface area contributed by atoms with Crippen LogP contribution < -0.4 is 27.8 Å². The third-order valence-corrected chi connectivity index (χ3v) is 9.52. The second kappa shape index (κ2) is 15.8. The van der Waals surface area contributed by atoms with Crippen molar-refractivity contribution in [1.82, 2.24) is 15.5 Å². The normalized spacial score (nSPS) is 38.0. The summed E-state index contributed by atoms with van der Waals surface area (Å²) in [7, 11) is 1.39. The number of hydrogen-bond acceptors (Lipinski definition) is 14. The molecule has 4 rings (SSSR count). The molecule has 0 radical (unpaired) electrons. The highest BCUT2D eigenvalue weighted by atomic mass is 16.7. The summed E-state index contributed by atoms with van der Waals surface area (Å²) < 4.78 is 23.9. The molecule has 0 aromatic heterocycles. The van der Waals surface area contributed by atoms with Crippen LogP contribution in [0.3, 0.4) is 0 Å². The lowest BCUT2D eigenvalue weighted by Gasteiger charge is -2.51. The molecule has 12 N–H and O–H groups in total. The summed E-state index contributed by atoms with van der Waals surface area (Å²) in [5.74, 6) is -0.118. The van der Waals surface area contributed by atoms with E-state index < -0.39 is 90.1 Å². The molecule has 2 amide bonds. The summed E-state index contributed by atoms with van der Waals surface area (Å²) in [5, 5.41) is 51.1. The van der Waals surface area contributed by atoms with Gasteiger partial charge >= 0.3 is 6.09 Å². The van der Waals surface area contributed by atoms with Crippen molar-refractivity contribution in [3.05, 3.63) is 11.8 Å². The van der Waals surface area contributed by atoms with Crippen molar-refractivity contribution in [3.63, 3.8) is 0 Å². The fraction of sp³-hybridized carbons (Fsp3) is 0.875. The van der Waals surface area contributed by atoms with Gasteiger partial charge in [-0.05, 0) is 84.9 Å². The Labute approximate surface area is 282 Å². The van der Waals surface area contributed by atoms with E-state index in [1.54, 1.807) is 20.8 Å². The summed E-state index contributed by atoms with van der Waals surface area (Å²) >= 11 is 0. The van der Waals surface area contributed by atoms with E-state index >= 15 is 0 Å². The van der Waals surface area contributed by atoms with Crippen molar-refractivity contribution >= 4 is 12.0 Å². The maximum absolute atomic E-state index is 13.0. The van der Waals surface area contributed by atoms with Crippen molar-refractivity contribution in [3.8, 4) is 0 Å². The first-order valence-electron chi connectivity index (χ1n) is 17.0. The number of carbonyl (C=O) groups is 2. The van der Waals surface area contributed by atoms with Crippen LogP contribution in [-0.2, 0) is 23.7 Å². The number of aliphatic hydroxyl groups excluding tert-OH is 3. The molecule has 2 saturated carbocycles. The Bertz CT molecular complexity index is 1130. The highest BCUT2D eigenvalue weighted by Gasteiger charge is 2.55. The van der Waals surface area contributed by atoms with E-state index in [4.69, 9.17) is 36.1 Å². The monoisotopic (exact) mass is 686 g/mol. The summed E-state index contributed by atoms with van der Waals surface area (Å²) in [6.45, 7) is 7.61. The predicted octanol–water partition coefficient (Wildman–Crippen LogP) is -2.02. The van der Waals surface area contributed by atoms with Gasteiger partial charge in [0.15, 0.2) is 6.29 Å². The molecule has 4 aliphatic rings. The Kier molecular flexibility index (Phi) is 12.8. The zero-order valence-corrected chi connectivity index (χ0v) is 28.8. The molecule has 2 aliphatic carbocycles. The standard InChI is InChI=1S/C32H58N6O10/c1-31(2,3)48-30(43)38(5)27-24(41)29(45-15-32(27,4)44)47-26-20(37-28(42)21(39)10-11-33)12-19(35)22(23(26)40)25-18(34)9-8-17(46-25)14-36-13-16-6-7-16/h8,16,18-27,29,36,39-41,44H,6-7,9-15,33-35H2,1-5H3,(H,37,42)/t18-,19+,20-,21+,22?,23+,24-,25+,26+,27-,29-,32+/m1/s1. The Morgan fingerprint density at radius 1 is 1.19 bits per heavy atom. The van der Waals surface area contributed by atoms with Gasteiger partial charge in [-0.2, -0.15) is 0 Å². The minimum Gasteiger partial charge on any atom is -0.492 e. The Morgan fingerprint density at radius 3 is 2.50 bits per heavy atom. The van der Waals surface area contributed by atoms with Crippen LogP contribution in [0.2, 0.25) is 0 Å². The minimum absolute atomic E-state index is 0.00812. The molecule has 0 aromatic carbocycles. The average molecular weight is 687 g/mol. The number of hydrogen-bond donors (Lipinski definition) is 9. The average Bonchev–Trinajstić information content (AvgIpc) is 3.81. The molecule has 0 spiro atoms. The molecule has 3 fully saturated rings. The van der Waals surface area contributed by atoms with E-state index in [0.29, 0.717) is 24.6 Å². The molecule has 1 saturated heterocycles. The van der Waals surface area contributed by atoms with Gasteiger partial charge in [0.25, 0.3) is 0 Å². The molecule has 276 valence electrons. The summed E-state index contributed by atoms with van der Waals surface area (Å²) in [6.07, 6.45) is -3.66. The van der Waals surface area contributed by atoms with Crippen molar-refractivity contribution in [2.24, 2.45) is 29.0 Å². The second-order valence-electron chi connectivity index (χ2n) is 15.1. The summed E-state index contributed by atoms with van der Waals surface area (Å²) in [5.41, 5.74) is 16.2. The van der Waals surface area contributed by atoms with Crippen LogP contribution in [0.4, 0.5) is 4.79 Å². The van der Waals surface area contributed by atoms with Crippen LogP contribution in [0.1, 0.15) is 59.8 Å². The van der Waals surface area contributed by atoms with Crippen molar-refractivity contribution in [1.29, 1.82) is 0 Å². The maximum atomic E-state index is 13.0. The lowest BCUT2D eigenvalue weighted by Crippen LogP contribution is -2.70. The Hall–Kier alpha value is -2.12. The lowest BCUT2D eigenvalue weighted by atomic mass is 9.72. The van der Waals surface area contributed by atoms with Crippen LogP contribution in [0, 0.1) is 11.8 Å². The highest BCUT2D eigenvalue weighted by molar-refractivity contribution is 5.80. The number of ether oxygens (including phenoxy) is 4. The number of nitrogens with one attached hydrogen (secondary N) is 2. The number of aliphatic hydroxyl groups is 4. The Morgan fingerprint density at radius 2 is 1.88 bits per heavy atom. The molecule has 16 nitrogen and oxygen atoms in total. The third-order valence-electron chi connectivity index (χ3n) is 9.52. The second-order valence-corrected chi connectivity index (χ2v) is 15.1. The van der Waals surface area contributed by atoms with E-state index in [1.807, 2.05) is 6.08 Å². The first kappa shape index (κ1) is 38.7. The molecule has 12 atom stereocenters. The number of nitrogens with two attached hydrogens (primary N) is 3. The molecule has 48 heavy (non-hydrogen) atoms. The van der Waals surface area contributed by atoms with Crippen molar-refractivity contribution in [2.75, 3.05) is 33.3 Å². The van der Waals surface area contributed by atoms with Gasteiger partial charge in [-0.15, -0.1) is 0 Å². The lowest BCUT2D eigenvalue weighted by molar-refractivity contribution is -0.305. The topological polar surface area (TPSA) is 257 Å². The molecule has 2 heterocycles. The molecule has 0 bridgehead atoms. The SMILES string of the molecule is CN(C(=O)OC(C)(C)C)[C@@H]1[C@@H](O)[C@@H](O[C@H]2[C@H](NC(=O)[C@@H](O)CCN)C[C@H](N)C([C@H]3OC(CNCC4CC4)=CC[C@H]3N)[C@@H]2O)OC[C@]1(C)O. The van der Waals surface area contributed by atoms with E-state index in [2.05, 4.69) is 10.6 Å². The molecular formula is C32H58N6O10. The van der Waals surface area contributed by atoms with Crippen molar-refractivity contribution in [2.45, 2.75) is 132 Å². The van der Waals surface area contributed by atoms with Crippen LogP contribution in [0.25, 0.3) is 0 Å². The molecule has 2 aliphatic heterocycles. The smallest absolute Gasteiger partial charge is 0.410 e. The number of likely N-dealkylation sites (N-methyl/N-ethyl adjacent to an activating group) is 1.